The van der Waals surface area contributed by atoms with Crippen molar-refractivity contribution in [2.75, 3.05) is 4.90 Å². The van der Waals surface area contributed by atoms with Crippen LogP contribution < -0.4 is 4.90 Å². The van der Waals surface area contributed by atoms with Crippen LogP contribution in [0.1, 0.15) is 25.0 Å². The second kappa shape index (κ2) is 16.1. The van der Waals surface area contributed by atoms with E-state index in [9.17, 15) is 0 Å². The minimum Gasteiger partial charge on any atom is -0.309 e. The molecule has 0 saturated heterocycles. The third-order valence-corrected chi connectivity index (χ3v) is 13.8. The number of fused-ring (bicyclic) bond motifs is 5. The SMILES string of the molecule is CC1(C)c2ccccc2-c2cccc(-c3cccc(N(c4cc(-c5cccc6ccccc56)ccc4-c4ccccc4)c4ccccc4-c4cccc5cccc(-c6ccccc6)c45)c3)c21. The Morgan fingerprint density at radius 2 is 0.833 bits per heavy atom. The van der Waals surface area contributed by atoms with Gasteiger partial charge in [0.25, 0.3) is 0 Å². The molecule has 0 aliphatic heterocycles. The van der Waals surface area contributed by atoms with Crippen molar-refractivity contribution in [3.8, 4) is 66.8 Å². The lowest BCUT2D eigenvalue weighted by molar-refractivity contribution is 0.662. The molecule has 1 nitrogen and oxygen atoms in total. The van der Waals surface area contributed by atoms with Gasteiger partial charge in [0.1, 0.15) is 0 Å². The van der Waals surface area contributed by atoms with Gasteiger partial charge < -0.3 is 4.90 Å². The predicted molar refractivity (Wildman–Crippen MR) is 281 cm³/mol. The van der Waals surface area contributed by atoms with Crippen LogP contribution in [0.3, 0.4) is 0 Å². The maximum absolute atomic E-state index is 2.53. The number of para-hydroxylation sites is 1. The van der Waals surface area contributed by atoms with Crippen LogP contribution in [0.25, 0.3) is 88.3 Å². The Labute approximate surface area is 387 Å². The molecule has 1 aliphatic rings. The molecule has 0 heterocycles. The maximum Gasteiger partial charge on any atom is 0.0546 e. The van der Waals surface area contributed by atoms with Gasteiger partial charge in [0.05, 0.1) is 11.4 Å². The summed E-state index contributed by atoms with van der Waals surface area (Å²) in [5.41, 5.74) is 20.4. The van der Waals surface area contributed by atoms with Crippen LogP contribution in [0.15, 0.2) is 249 Å². The summed E-state index contributed by atoms with van der Waals surface area (Å²) in [6, 6.07) is 91.6. The van der Waals surface area contributed by atoms with E-state index >= 15 is 0 Å². The first kappa shape index (κ1) is 39.3. The van der Waals surface area contributed by atoms with Gasteiger partial charge in [0, 0.05) is 22.2 Å². The molecule has 0 aromatic heterocycles. The van der Waals surface area contributed by atoms with Gasteiger partial charge in [-0.25, -0.2) is 0 Å². The number of hydrogen-bond donors (Lipinski definition) is 0. The number of anilines is 3. The lowest BCUT2D eigenvalue weighted by Gasteiger charge is -2.31. The van der Waals surface area contributed by atoms with E-state index in [0.29, 0.717) is 0 Å². The Balaban J connectivity index is 1.15. The molecular weight excluding hydrogens is 795 g/mol. The quantitative estimate of drug-likeness (QED) is 0.147. The molecule has 0 amide bonds. The topological polar surface area (TPSA) is 3.24 Å². The van der Waals surface area contributed by atoms with Crippen LogP contribution in [-0.2, 0) is 5.41 Å². The zero-order valence-corrected chi connectivity index (χ0v) is 37.1. The molecule has 1 heteroatoms. The Kier molecular flexibility index (Phi) is 9.58. The third-order valence-electron chi connectivity index (χ3n) is 13.8. The largest absolute Gasteiger partial charge is 0.309 e. The molecule has 1 aliphatic carbocycles. The average molecular weight is 842 g/mol. The molecular formula is C65H47N. The maximum atomic E-state index is 2.53. The van der Waals surface area contributed by atoms with E-state index in [1.54, 1.807) is 0 Å². The summed E-state index contributed by atoms with van der Waals surface area (Å²) in [6.07, 6.45) is 0. The van der Waals surface area contributed by atoms with E-state index in [-0.39, 0.29) is 5.41 Å². The molecule has 0 radical (unpaired) electrons. The van der Waals surface area contributed by atoms with Crippen LogP contribution in [0.5, 0.6) is 0 Å². The number of nitrogens with zero attached hydrogens (tertiary/aromatic N) is 1. The normalized spacial score (nSPS) is 12.5. The van der Waals surface area contributed by atoms with Gasteiger partial charge in [-0.15, -0.1) is 0 Å². The molecule has 11 aromatic carbocycles. The minimum atomic E-state index is -0.164. The summed E-state index contributed by atoms with van der Waals surface area (Å²) in [4.78, 5) is 2.53. The van der Waals surface area contributed by atoms with Crippen molar-refractivity contribution in [2.24, 2.45) is 0 Å². The molecule has 11 aromatic rings. The minimum absolute atomic E-state index is 0.164. The van der Waals surface area contributed by atoms with Crippen molar-refractivity contribution in [1.29, 1.82) is 0 Å². The highest BCUT2D eigenvalue weighted by atomic mass is 15.1. The molecule has 12 rings (SSSR count). The predicted octanol–water partition coefficient (Wildman–Crippen LogP) is 18.1. The molecule has 0 N–H and O–H groups in total. The standard InChI is InChI=1S/C65H47N/c1-65(2)60-38-13-11-31-56(60)59-37-19-35-55(64(59)65)48-28-15-29-50(42-48)66(61-39-14-12-32-57(61)58-36-18-27-47-26-17-34-54(63(47)58)46-22-7-4-8-23-46)62-43-49(40-41-53(62)45-20-5-3-6-21-45)52-33-16-25-44-24-9-10-30-51(44)52/h3-43H,1-2H3. The Morgan fingerprint density at radius 3 is 1.64 bits per heavy atom. The van der Waals surface area contributed by atoms with Gasteiger partial charge in [-0.2, -0.15) is 0 Å². The first-order chi connectivity index (χ1) is 32.5. The first-order valence-corrected chi connectivity index (χ1v) is 23.0. The lowest BCUT2D eigenvalue weighted by Crippen LogP contribution is -2.16. The first-order valence-electron chi connectivity index (χ1n) is 23.0. The van der Waals surface area contributed by atoms with E-state index in [2.05, 4.69) is 267 Å². The highest BCUT2D eigenvalue weighted by Gasteiger charge is 2.37. The number of benzene rings is 11. The fourth-order valence-corrected chi connectivity index (χ4v) is 10.9. The third kappa shape index (κ3) is 6.55. The number of rotatable bonds is 8. The molecule has 312 valence electrons. The Morgan fingerprint density at radius 1 is 0.303 bits per heavy atom. The van der Waals surface area contributed by atoms with Gasteiger partial charge in [-0.1, -0.05) is 238 Å². The molecule has 0 spiro atoms. The lowest BCUT2D eigenvalue weighted by atomic mass is 9.79. The van der Waals surface area contributed by atoms with Crippen molar-refractivity contribution in [2.45, 2.75) is 19.3 Å². The van der Waals surface area contributed by atoms with E-state index in [1.807, 2.05) is 0 Å². The van der Waals surface area contributed by atoms with Crippen LogP contribution in [0, 0.1) is 0 Å². The van der Waals surface area contributed by atoms with Crippen LogP contribution in [0.2, 0.25) is 0 Å². The summed E-state index contributed by atoms with van der Waals surface area (Å²) in [5, 5.41) is 4.91. The van der Waals surface area contributed by atoms with Crippen molar-refractivity contribution in [3.63, 3.8) is 0 Å². The fourth-order valence-electron chi connectivity index (χ4n) is 10.9. The van der Waals surface area contributed by atoms with Crippen LogP contribution >= 0.6 is 0 Å². The zero-order valence-electron chi connectivity index (χ0n) is 37.1. The molecule has 0 fully saturated rings. The second-order valence-electron chi connectivity index (χ2n) is 18.0. The Hall–Kier alpha value is -8.26. The van der Waals surface area contributed by atoms with Gasteiger partial charge in [0.15, 0.2) is 0 Å². The van der Waals surface area contributed by atoms with Crippen molar-refractivity contribution < 1.29 is 0 Å². The number of hydrogen-bond acceptors (Lipinski definition) is 1. The second-order valence-corrected chi connectivity index (χ2v) is 18.0. The summed E-state index contributed by atoms with van der Waals surface area (Å²) in [5.74, 6) is 0. The average Bonchev–Trinajstić information content (AvgIpc) is 3.62. The summed E-state index contributed by atoms with van der Waals surface area (Å²) in [7, 11) is 0. The Bertz CT molecular complexity index is 3610. The summed E-state index contributed by atoms with van der Waals surface area (Å²) in [6.45, 7) is 4.76. The monoisotopic (exact) mass is 841 g/mol. The van der Waals surface area contributed by atoms with Crippen molar-refractivity contribution in [1.82, 2.24) is 0 Å². The van der Waals surface area contributed by atoms with Crippen molar-refractivity contribution in [3.05, 3.63) is 260 Å². The van der Waals surface area contributed by atoms with Gasteiger partial charge in [-0.3, -0.25) is 0 Å². The highest BCUT2D eigenvalue weighted by Crippen LogP contribution is 2.53. The fraction of sp³-hybridized carbons (Fsp3) is 0.0462. The summed E-state index contributed by atoms with van der Waals surface area (Å²) < 4.78 is 0. The molecule has 0 unspecified atom stereocenters. The van der Waals surface area contributed by atoms with Gasteiger partial charge in [-0.05, 0) is 113 Å². The van der Waals surface area contributed by atoms with Gasteiger partial charge >= 0.3 is 0 Å². The smallest absolute Gasteiger partial charge is 0.0546 e. The van der Waals surface area contributed by atoms with Crippen LogP contribution in [0.4, 0.5) is 17.1 Å². The van der Waals surface area contributed by atoms with Gasteiger partial charge in [0.2, 0.25) is 0 Å². The molecule has 0 atom stereocenters. The van der Waals surface area contributed by atoms with E-state index < -0.39 is 0 Å². The van der Waals surface area contributed by atoms with Crippen molar-refractivity contribution >= 4 is 38.6 Å². The molecule has 0 saturated carbocycles. The summed E-state index contributed by atoms with van der Waals surface area (Å²) >= 11 is 0. The van der Waals surface area contributed by atoms with E-state index in [4.69, 9.17) is 0 Å². The molecule has 0 bridgehead atoms. The molecule has 66 heavy (non-hydrogen) atoms. The van der Waals surface area contributed by atoms with E-state index in [1.165, 1.54) is 77.2 Å². The zero-order chi connectivity index (χ0) is 44.2. The van der Waals surface area contributed by atoms with E-state index in [0.717, 1.165) is 39.3 Å². The highest BCUT2D eigenvalue weighted by molar-refractivity contribution is 6.09. The van der Waals surface area contributed by atoms with Crippen LogP contribution in [-0.4, -0.2) is 0 Å².